The molecule has 0 spiro atoms. The predicted molar refractivity (Wildman–Crippen MR) is 279 cm³/mol. The van der Waals surface area contributed by atoms with Gasteiger partial charge >= 0.3 is 17.9 Å². The molecule has 0 N–H and O–H groups in total. The van der Waals surface area contributed by atoms with E-state index < -0.39 is 6.10 Å². The summed E-state index contributed by atoms with van der Waals surface area (Å²) in [6, 6.07) is 0. The first kappa shape index (κ1) is 61.3. The highest BCUT2D eigenvalue weighted by atomic mass is 16.6. The molecule has 0 aromatic carbocycles. The average molecular weight is 903 g/mol. The molecule has 0 heterocycles. The first-order chi connectivity index (χ1) is 32.0. The monoisotopic (exact) mass is 903 g/mol. The third-order valence-corrected chi connectivity index (χ3v) is 11.1. The van der Waals surface area contributed by atoms with Gasteiger partial charge in [0.2, 0.25) is 0 Å². The van der Waals surface area contributed by atoms with Crippen LogP contribution in [0.25, 0.3) is 0 Å². The van der Waals surface area contributed by atoms with Crippen molar-refractivity contribution in [1.82, 2.24) is 0 Å². The number of carbonyl (C=O) groups is 3. The van der Waals surface area contributed by atoms with Crippen molar-refractivity contribution in [3.63, 3.8) is 0 Å². The summed E-state index contributed by atoms with van der Waals surface area (Å²) >= 11 is 0. The second-order valence-electron chi connectivity index (χ2n) is 17.4. The Morgan fingerprint density at radius 3 is 1.06 bits per heavy atom. The zero-order chi connectivity index (χ0) is 47.2. The molecule has 1 atom stereocenters. The summed E-state index contributed by atoms with van der Waals surface area (Å²) < 4.78 is 16.7. The van der Waals surface area contributed by atoms with Gasteiger partial charge in [-0.2, -0.15) is 0 Å². The lowest BCUT2D eigenvalue weighted by atomic mass is 10.0. The molecule has 6 heteroatoms. The Morgan fingerprint density at radius 1 is 0.323 bits per heavy atom. The minimum atomic E-state index is -0.814. The molecular weight excluding hydrogens is 805 g/mol. The Balaban J connectivity index is 4.52. The average Bonchev–Trinajstić information content (AvgIpc) is 3.30. The van der Waals surface area contributed by atoms with Gasteiger partial charge in [0.05, 0.1) is 0 Å². The standard InChI is InChI=1S/C59H98O6/c1-4-7-10-13-16-19-22-25-27-28-29-30-32-34-37-40-43-46-49-52-58(61)64-55-56(54-63-57(60)51-48-45-42-39-36-33-24-21-18-15-12-9-6-3)65-59(62)53-50-47-44-41-38-35-31-26-23-20-17-14-11-8-5-2/h7,10,16-17,19-20,25-27,29-31,34,37,43,46,56H,4-6,8-9,11-15,18,21-24,28,32-33,35-36,38-42,44-45,47-55H2,1-3H3/b10-7-,19-16-,20-17-,27-25-,30-29-,31-26-,37-34-,46-43-. The summed E-state index contributed by atoms with van der Waals surface area (Å²) in [5.41, 5.74) is 0. The van der Waals surface area contributed by atoms with Crippen molar-refractivity contribution in [1.29, 1.82) is 0 Å². The maximum Gasteiger partial charge on any atom is 0.306 e. The van der Waals surface area contributed by atoms with Crippen LogP contribution in [0.2, 0.25) is 0 Å². The molecule has 0 aromatic heterocycles. The Labute approximate surface area is 400 Å². The van der Waals surface area contributed by atoms with E-state index in [1.165, 1.54) is 89.9 Å². The molecule has 0 rings (SSSR count). The number of carbonyl (C=O) groups excluding carboxylic acids is 3. The van der Waals surface area contributed by atoms with Crippen LogP contribution in [0.15, 0.2) is 97.2 Å². The molecule has 370 valence electrons. The third kappa shape index (κ3) is 51.2. The van der Waals surface area contributed by atoms with Crippen LogP contribution >= 0.6 is 0 Å². The molecule has 0 aliphatic rings. The molecule has 0 radical (unpaired) electrons. The number of hydrogen-bond donors (Lipinski definition) is 0. The number of ether oxygens (including phenoxy) is 3. The van der Waals surface area contributed by atoms with E-state index in [0.717, 1.165) is 103 Å². The minimum absolute atomic E-state index is 0.106. The molecule has 65 heavy (non-hydrogen) atoms. The molecule has 0 saturated carbocycles. The molecule has 6 nitrogen and oxygen atoms in total. The molecular formula is C59H98O6. The third-order valence-electron chi connectivity index (χ3n) is 11.1. The molecule has 0 aliphatic carbocycles. The van der Waals surface area contributed by atoms with Crippen LogP contribution in [0.1, 0.15) is 239 Å². The molecule has 1 unspecified atom stereocenters. The number of unbranched alkanes of at least 4 members (excludes halogenated alkanes) is 20. The maximum atomic E-state index is 12.8. The first-order valence-corrected chi connectivity index (χ1v) is 26.7. The fraction of sp³-hybridized carbons (Fsp3) is 0.678. The SMILES string of the molecule is CC/C=C\C/C=C\C/C=C\C/C=C\C/C=C\C/C=C\CCC(=O)OCC(COC(=O)CCCCCCCCCCCCCCC)OC(=O)CCCCCCC/C=C\C/C=C\CCCCC. The summed E-state index contributed by atoms with van der Waals surface area (Å²) in [5.74, 6) is -1.01. The van der Waals surface area contributed by atoms with Gasteiger partial charge in [-0.25, -0.2) is 0 Å². The quantitative estimate of drug-likeness (QED) is 0.0262. The van der Waals surface area contributed by atoms with Crippen LogP contribution in [-0.4, -0.2) is 37.2 Å². The van der Waals surface area contributed by atoms with Gasteiger partial charge in [0.1, 0.15) is 13.2 Å². The Hall–Kier alpha value is -3.67. The van der Waals surface area contributed by atoms with E-state index in [0.29, 0.717) is 19.3 Å². The smallest absolute Gasteiger partial charge is 0.306 e. The number of rotatable bonds is 47. The van der Waals surface area contributed by atoms with Gasteiger partial charge < -0.3 is 14.2 Å². The number of allylic oxidation sites excluding steroid dienone is 16. The van der Waals surface area contributed by atoms with Crippen LogP contribution in [0.3, 0.4) is 0 Å². The van der Waals surface area contributed by atoms with E-state index in [1.807, 2.05) is 6.08 Å². The fourth-order valence-corrected chi connectivity index (χ4v) is 7.09. The molecule has 0 saturated heterocycles. The highest BCUT2D eigenvalue weighted by Crippen LogP contribution is 2.14. The predicted octanol–water partition coefficient (Wildman–Crippen LogP) is 17.8. The van der Waals surface area contributed by atoms with Gasteiger partial charge in [0.25, 0.3) is 0 Å². The lowest BCUT2D eigenvalue weighted by Gasteiger charge is -2.18. The van der Waals surface area contributed by atoms with Crippen molar-refractivity contribution in [2.24, 2.45) is 0 Å². The van der Waals surface area contributed by atoms with Crippen molar-refractivity contribution < 1.29 is 28.6 Å². The van der Waals surface area contributed by atoms with E-state index in [4.69, 9.17) is 14.2 Å². The Morgan fingerprint density at radius 2 is 0.631 bits per heavy atom. The molecule has 0 fully saturated rings. The lowest BCUT2D eigenvalue weighted by Crippen LogP contribution is -2.30. The largest absolute Gasteiger partial charge is 0.462 e. The highest BCUT2D eigenvalue weighted by Gasteiger charge is 2.19. The van der Waals surface area contributed by atoms with Gasteiger partial charge in [-0.3, -0.25) is 14.4 Å². The topological polar surface area (TPSA) is 78.9 Å². The Bertz CT molecular complexity index is 1310. The van der Waals surface area contributed by atoms with Crippen molar-refractivity contribution in [2.45, 2.75) is 245 Å². The fourth-order valence-electron chi connectivity index (χ4n) is 7.09. The molecule has 0 bridgehead atoms. The zero-order valence-electron chi connectivity index (χ0n) is 42.2. The van der Waals surface area contributed by atoms with Crippen molar-refractivity contribution in [3.8, 4) is 0 Å². The van der Waals surface area contributed by atoms with Crippen molar-refractivity contribution >= 4 is 17.9 Å². The number of hydrogen-bond acceptors (Lipinski definition) is 6. The van der Waals surface area contributed by atoms with Crippen molar-refractivity contribution in [2.75, 3.05) is 13.2 Å². The summed E-state index contributed by atoms with van der Waals surface area (Å²) in [4.78, 5) is 38.0. The lowest BCUT2D eigenvalue weighted by molar-refractivity contribution is -0.166. The van der Waals surface area contributed by atoms with E-state index in [2.05, 4.69) is 112 Å². The van der Waals surface area contributed by atoms with Crippen LogP contribution in [0.5, 0.6) is 0 Å². The van der Waals surface area contributed by atoms with Gasteiger partial charge in [0, 0.05) is 19.3 Å². The van der Waals surface area contributed by atoms with E-state index in [9.17, 15) is 14.4 Å². The van der Waals surface area contributed by atoms with Gasteiger partial charge in [-0.15, -0.1) is 0 Å². The summed E-state index contributed by atoms with van der Waals surface area (Å²) in [7, 11) is 0. The van der Waals surface area contributed by atoms with E-state index in [1.54, 1.807) is 0 Å². The zero-order valence-corrected chi connectivity index (χ0v) is 42.2. The highest BCUT2D eigenvalue weighted by molar-refractivity contribution is 5.71. The second-order valence-corrected chi connectivity index (χ2v) is 17.4. The van der Waals surface area contributed by atoms with Crippen molar-refractivity contribution in [3.05, 3.63) is 97.2 Å². The van der Waals surface area contributed by atoms with Gasteiger partial charge in [-0.05, 0) is 89.9 Å². The summed E-state index contributed by atoms with van der Waals surface area (Å²) in [6.45, 7) is 6.42. The maximum absolute atomic E-state index is 12.8. The minimum Gasteiger partial charge on any atom is -0.462 e. The Kier molecular flexibility index (Phi) is 50.0. The van der Waals surface area contributed by atoms with Crippen LogP contribution in [-0.2, 0) is 28.6 Å². The van der Waals surface area contributed by atoms with E-state index >= 15 is 0 Å². The summed E-state index contributed by atoms with van der Waals surface area (Å²) in [5, 5.41) is 0. The van der Waals surface area contributed by atoms with Crippen LogP contribution < -0.4 is 0 Å². The second kappa shape index (κ2) is 52.9. The molecule has 0 aromatic rings. The van der Waals surface area contributed by atoms with Crippen LogP contribution in [0, 0.1) is 0 Å². The van der Waals surface area contributed by atoms with E-state index in [-0.39, 0.29) is 37.5 Å². The number of esters is 3. The molecule has 0 aliphatic heterocycles. The summed E-state index contributed by atoms with van der Waals surface area (Å²) in [6.07, 6.45) is 69.7. The van der Waals surface area contributed by atoms with Gasteiger partial charge in [-0.1, -0.05) is 227 Å². The first-order valence-electron chi connectivity index (χ1n) is 26.7. The van der Waals surface area contributed by atoms with Gasteiger partial charge in [0.15, 0.2) is 6.10 Å². The van der Waals surface area contributed by atoms with Crippen LogP contribution in [0.4, 0.5) is 0 Å². The molecule has 0 amide bonds. The normalized spacial score (nSPS) is 12.8.